The van der Waals surface area contributed by atoms with Gasteiger partial charge in [0.1, 0.15) is 11.5 Å². The van der Waals surface area contributed by atoms with E-state index >= 15 is 0 Å². The molecule has 1 N–H and O–H groups in total. The van der Waals surface area contributed by atoms with Gasteiger partial charge in [-0.25, -0.2) is 4.39 Å². The summed E-state index contributed by atoms with van der Waals surface area (Å²) in [5.41, 5.74) is 1.00. The third-order valence-electron chi connectivity index (χ3n) is 6.05. The minimum absolute atomic E-state index is 0.0860. The number of fused-ring (bicyclic) bond motifs is 2. The van der Waals surface area contributed by atoms with Gasteiger partial charge >= 0.3 is 0 Å². The number of carbonyl (C=O) groups excluding carboxylic acids is 1. The van der Waals surface area contributed by atoms with Gasteiger partial charge in [0.2, 0.25) is 0 Å². The van der Waals surface area contributed by atoms with Gasteiger partial charge in [-0.05, 0) is 49.9 Å². The summed E-state index contributed by atoms with van der Waals surface area (Å²) in [7, 11) is 3.51. The number of methoxy groups -OCH3 is 1. The highest BCUT2D eigenvalue weighted by molar-refractivity contribution is 5.99. The highest BCUT2D eigenvalue weighted by Crippen LogP contribution is 2.43. The Labute approximate surface area is 146 Å². The molecule has 4 rings (SSSR count). The van der Waals surface area contributed by atoms with Crippen molar-refractivity contribution in [1.82, 2.24) is 9.47 Å². The standard InChI is InChI=1S/C19H23FN2O3/c1-21-15-4-3-13(20)9-12(15)10-16(21)18(24)22-8-7-19(25-2)6-5-14(23)11-17(19)22/h3-4,9-10,14,17,23H,5-8,11H2,1-2H3/t14-,17-,19+/m0/s1. The van der Waals surface area contributed by atoms with E-state index in [2.05, 4.69) is 0 Å². The van der Waals surface area contributed by atoms with Crippen LogP contribution in [0.5, 0.6) is 0 Å². The highest BCUT2D eigenvalue weighted by atomic mass is 19.1. The van der Waals surface area contributed by atoms with Crippen LogP contribution >= 0.6 is 0 Å². The fraction of sp³-hybridized carbons (Fsp3) is 0.526. The number of hydrogen-bond acceptors (Lipinski definition) is 3. The molecule has 25 heavy (non-hydrogen) atoms. The second-order valence-electron chi connectivity index (χ2n) is 7.25. The van der Waals surface area contributed by atoms with Crippen LogP contribution in [0.1, 0.15) is 36.2 Å². The molecule has 2 aromatic rings. The largest absolute Gasteiger partial charge is 0.393 e. The summed E-state index contributed by atoms with van der Waals surface area (Å²) in [5, 5.41) is 10.8. The number of halogens is 1. The first-order chi connectivity index (χ1) is 11.9. The van der Waals surface area contributed by atoms with Crippen molar-refractivity contribution >= 4 is 16.8 Å². The third-order valence-corrected chi connectivity index (χ3v) is 6.05. The molecule has 2 aliphatic rings. The topological polar surface area (TPSA) is 54.7 Å². The lowest BCUT2D eigenvalue weighted by Gasteiger charge is -2.42. The van der Waals surface area contributed by atoms with E-state index in [1.807, 2.05) is 16.5 Å². The lowest BCUT2D eigenvalue weighted by molar-refractivity contribution is -0.0825. The van der Waals surface area contributed by atoms with E-state index in [0.717, 1.165) is 18.4 Å². The van der Waals surface area contributed by atoms with E-state index in [0.29, 0.717) is 30.5 Å². The van der Waals surface area contributed by atoms with Crippen LogP contribution in [0.25, 0.3) is 10.9 Å². The molecule has 5 nitrogen and oxygen atoms in total. The first-order valence-electron chi connectivity index (χ1n) is 8.74. The van der Waals surface area contributed by atoms with Crippen molar-refractivity contribution in [1.29, 1.82) is 0 Å². The molecular formula is C19H23FN2O3. The minimum atomic E-state index is -0.400. The monoisotopic (exact) mass is 346 g/mol. The zero-order valence-electron chi connectivity index (χ0n) is 14.5. The maximum Gasteiger partial charge on any atom is 0.270 e. The van der Waals surface area contributed by atoms with Crippen molar-refractivity contribution in [3.63, 3.8) is 0 Å². The third kappa shape index (κ3) is 2.47. The normalized spacial score (nSPS) is 29.2. The van der Waals surface area contributed by atoms with E-state index < -0.39 is 6.10 Å². The van der Waals surface area contributed by atoms with Gasteiger partial charge < -0.3 is 19.3 Å². The smallest absolute Gasteiger partial charge is 0.270 e. The predicted molar refractivity (Wildman–Crippen MR) is 91.9 cm³/mol. The molecule has 2 heterocycles. The first kappa shape index (κ1) is 16.5. The number of aliphatic hydroxyl groups is 1. The van der Waals surface area contributed by atoms with Crippen molar-refractivity contribution in [2.45, 2.75) is 43.4 Å². The summed E-state index contributed by atoms with van der Waals surface area (Å²) in [4.78, 5) is 15.0. The molecule has 1 aliphatic heterocycles. The number of aromatic nitrogens is 1. The van der Waals surface area contributed by atoms with Crippen molar-refractivity contribution in [2.24, 2.45) is 7.05 Å². The Morgan fingerprint density at radius 2 is 2.16 bits per heavy atom. The summed E-state index contributed by atoms with van der Waals surface area (Å²) in [6.45, 7) is 0.611. The number of amides is 1. The van der Waals surface area contributed by atoms with Crippen LogP contribution in [0.3, 0.4) is 0 Å². The number of aliphatic hydroxyl groups excluding tert-OH is 1. The molecular weight excluding hydrogens is 323 g/mol. The number of carbonyl (C=O) groups is 1. The summed E-state index contributed by atoms with van der Waals surface area (Å²) in [5.74, 6) is -0.399. The highest BCUT2D eigenvalue weighted by Gasteiger charge is 2.52. The maximum atomic E-state index is 13.5. The van der Waals surface area contributed by atoms with E-state index in [1.165, 1.54) is 12.1 Å². The molecule has 3 atom stereocenters. The predicted octanol–water partition coefficient (Wildman–Crippen LogP) is 2.46. The molecule has 1 aromatic heterocycles. The Morgan fingerprint density at radius 1 is 1.36 bits per heavy atom. The van der Waals surface area contributed by atoms with Crippen LogP contribution in [-0.2, 0) is 11.8 Å². The summed E-state index contributed by atoms with van der Waals surface area (Å²) < 4.78 is 21.1. The molecule has 1 saturated heterocycles. The average Bonchev–Trinajstić information content (AvgIpc) is 3.13. The zero-order chi connectivity index (χ0) is 17.8. The van der Waals surface area contributed by atoms with Gasteiger partial charge in [0.05, 0.1) is 17.7 Å². The molecule has 0 bridgehead atoms. The number of hydrogen-bond donors (Lipinski definition) is 1. The molecule has 0 unspecified atom stereocenters. The number of aryl methyl sites for hydroxylation is 1. The Hall–Kier alpha value is -1.92. The lowest BCUT2D eigenvalue weighted by atomic mass is 9.79. The molecule has 0 radical (unpaired) electrons. The molecule has 134 valence electrons. The molecule has 1 aliphatic carbocycles. The van der Waals surface area contributed by atoms with Crippen molar-refractivity contribution in [2.75, 3.05) is 13.7 Å². The van der Waals surface area contributed by atoms with Crippen LogP contribution in [-0.4, -0.2) is 51.9 Å². The van der Waals surface area contributed by atoms with Crippen molar-refractivity contribution in [3.05, 3.63) is 35.8 Å². The van der Waals surface area contributed by atoms with E-state index in [-0.39, 0.29) is 23.4 Å². The zero-order valence-corrected chi connectivity index (χ0v) is 14.5. The molecule has 2 fully saturated rings. The van der Waals surface area contributed by atoms with Gasteiger partial charge in [-0.2, -0.15) is 0 Å². The average molecular weight is 346 g/mol. The van der Waals surface area contributed by atoms with Crippen molar-refractivity contribution in [3.8, 4) is 0 Å². The SMILES string of the molecule is CO[C@@]12CC[C@H](O)C[C@@H]1N(C(=O)c1cc3cc(F)ccc3n1C)CC2. The van der Waals surface area contributed by atoms with Gasteiger partial charge in [0, 0.05) is 31.6 Å². The minimum Gasteiger partial charge on any atom is -0.393 e. The second-order valence-corrected chi connectivity index (χ2v) is 7.25. The number of likely N-dealkylation sites (tertiary alicyclic amines) is 1. The Balaban J connectivity index is 1.70. The molecule has 1 amide bonds. The van der Waals surface area contributed by atoms with Crippen LogP contribution in [0, 0.1) is 5.82 Å². The van der Waals surface area contributed by atoms with Crippen LogP contribution in [0.15, 0.2) is 24.3 Å². The molecule has 6 heteroatoms. The summed E-state index contributed by atoms with van der Waals surface area (Å²) in [6, 6.07) is 6.16. The Bertz CT molecular complexity index is 833. The van der Waals surface area contributed by atoms with Gasteiger partial charge in [0.15, 0.2) is 0 Å². The molecule has 0 spiro atoms. The van der Waals surface area contributed by atoms with Gasteiger partial charge in [-0.1, -0.05) is 0 Å². The number of rotatable bonds is 2. The number of benzene rings is 1. The fourth-order valence-corrected chi connectivity index (χ4v) is 4.59. The van der Waals surface area contributed by atoms with E-state index in [4.69, 9.17) is 4.74 Å². The fourth-order valence-electron chi connectivity index (χ4n) is 4.59. The van der Waals surface area contributed by atoms with E-state index in [1.54, 1.807) is 19.2 Å². The second kappa shape index (κ2) is 5.81. The van der Waals surface area contributed by atoms with Crippen LogP contribution in [0.4, 0.5) is 4.39 Å². The lowest BCUT2D eigenvalue weighted by Crippen LogP contribution is -2.53. The molecule has 1 saturated carbocycles. The molecule has 1 aromatic carbocycles. The summed E-state index contributed by atoms with van der Waals surface area (Å²) >= 11 is 0. The first-order valence-corrected chi connectivity index (χ1v) is 8.74. The van der Waals surface area contributed by atoms with Gasteiger partial charge in [-0.15, -0.1) is 0 Å². The van der Waals surface area contributed by atoms with Gasteiger partial charge in [0.25, 0.3) is 5.91 Å². The maximum absolute atomic E-state index is 13.5. The van der Waals surface area contributed by atoms with Gasteiger partial charge in [-0.3, -0.25) is 4.79 Å². The number of ether oxygens (including phenoxy) is 1. The Morgan fingerprint density at radius 3 is 2.92 bits per heavy atom. The van der Waals surface area contributed by atoms with Crippen LogP contribution < -0.4 is 0 Å². The number of nitrogens with zero attached hydrogens (tertiary/aromatic N) is 2. The Kier molecular flexibility index (Phi) is 3.85. The van der Waals surface area contributed by atoms with Crippen LogP contribution in [0.2, 0.25) is 0 Å². The van der Waals surface area contributed by atoms with Crippen molar-refractivity contribution < 1.29 is 19.0 Å². The summed E-state index contributed by atoms with van der Waals surface area (Å²) in [6.07, 6.45) is 2.39. The quantitative estimate of drug-likeness (QED) is 0.909. The van der Waals surface area contributed by atoms with E-state index in [9.17, 15) is 14.3 Å².